The molecule has 0 saturated carbocycles. The largest absolute Gasteiger partial charge is 0.455 e. The standard InChI is InChI=1S/C16H13FO2/c1-16(11-7-3-2-4-8-11)14(19-15(16)18)12-9-5-6-10-13(12)17/h2-10,14H,1H3/t14-,16-/m1/s1. The first kappa shape index (κ1) is 11.9. The van der Waals surface area contributed by atoms with Crippen molar-refractivity contribution in [2.24, 2.45) is 0 Å². The molecule has 19 heavy (non-hydrogen) atoms. The van der Waals surface area contributed by atoms with Gasteiger partial charge in [0.15, 0.2) is 0 Å². The molecule has 96 valence electrons. The van der Waals surface area contributed by atoms with Crippen LogP contribution in [-0.2, 0) is 14.9 Å². The van der Waals surface area contributed by atoms with Crippen LogP contribution >= 0.6 is 0 Å². The minimum atomic E-state index is -0.816. The Labute approximate surface area is 110 Å². The maximum atomic E-state index is 13.9. The van der Waals surface area contributed by atoms with E-state index in [-0.39, 0.29) is 11.8 Å². The maximum absolute atomic E-state index is 13.9. The van der Waals surface area contributed by atoms with E-state index in [1.165, 1.54) is 6.07 Å². The predicted octanol–water partition coefficient (Wildman–Crippen LogP) is 3.38. The maximum Gasteiger partial charge on any atom is 0.321 e. The van der Waals surface area contributed by atoms with Crippen molar-refractivity contribution in [2.45, 2.75) is 18.4 Å². The lowest BCUT2D eigenvalue weighted by Crippen LogP contribution is -2.52. The number of ether oxygens (including phenoxy) is 1. The van der Waals surface area contributed by atoms with Crippen molar-refractivity contribution in [3.8, 4) is 0 Å². The fraction of sp³-hybridized carbons (Fsp3) is 0.188. The molecule has 0 unspecified atom stereocenters. The summed E-state index contributed by atoms with van der Waals surface area (Å²) in [4.78, 5) is 11.9. The lowest BCUT2D eigenvalue weighted by Gasteiger charge is -2.45. The Morgan fingerprint density at radius 2 is 1.68 bits per heavy atom. The zero-order chi connectivity index (χ0) is 13.5. The molecule has 0 aromatic heterocycles. The first-order valence-electron chi connectivity index (χ1n) is 6.15. The molecule has 1 saturated heterocycles. The topological polar surface area (TPSA) is 26.3 Å². The van der Waals surface area contributed by atoms with Crippen LogP contribution in [0.4, 0.5) is 4.39 Å². The SMILES string of the molecule is C[C@]1(c2ccccc2)C(=O)O[C@@H]1c1ccccc1F. The molecule has 2 atom stereocenters. The van der Waals surface area contributed by atoms with Crippen LogP contribution in [0.1, 0.15) is 24.2 Å². The molecular weight excluding hydrogens is 243 g/mol. The Morgan fingerprint density at radius 1 is 1.05 bits per heavy atom. The fourth-order valence-electron chi connectivity index (χ4n) is 2.51. The van der Waals surface area contributed by atoms with Crippen LogP contribution in [0.5, 0.6) is 0 Å². The van der Waals surface area contributed by atoms with Gasteiger partial charge in [0.05, 0.1) is 0 Å². The number of hydrogen-bond donors (Lipinski definition) is 0. The molecule has 0 radical (unpaired) electrons. The fourth-order valence-corrected chi connectivity index (χ4v) is 2.51. The van der Waals surface area contributed by atoms with Gasteiger partial charge in [-0.05, 0) is 18.6 Å². The quantitative estimate of drug-likeness (QED) is 0.770. The van der Waals surface area contributed by atoms with Gasteiger partial charge in [0.2, 0.25) is 0 Å². The van der Waals surface area contributed by atoms with E-state index >= 15 is 0 Å². The monoisotopic (exact) mass is 256 g/mol. The number of benzene rings is 2. The summed E-state index contributed by atoms with van der Waals surface area (Å²) in [7, 11) is 0. The van der Waals surface area contributed by atoms with E-state index in [4.69, 9.17) is 4.74 Å². The first-order chi connectivity index (χ1) is 9.14. The zero-order valence-corrected chi connectivity index (χ0v) is 10.5. The molecule has 1 aliphatic heterocycles. The second kappa shape index (κ2) is 4.19. The highest BCUT2D eigenvalue weighted by atomic mass is 19.1. The Bertz CT molecular complexity index is 624. The molecule has 0 aliphatic carbocycles. The van der Waals surface area contributed by atoms with Crippen LogP contribution in [0, 0.1) is 5.82 Å². The summed E-state index contributed by atoms with van der Waals surface area (Å²) in [6.45, 7) is 1.80. The summed E-state index contributed by atoms with van der Waals surface area (Å²) in [6.07, 6.45) is -0.566. The van der Waals surface area contributed by atoms with Crippen LogP contribution in [0.15, 0.2) is 54.6 Å². The van der Waals surface area contributed by atoms with Crippen molar-refractivity contribution in [1.82, 2.24) is 0 Å². The van der Waals surface area contributed by atoms with Crippen LogP contribution in [0.25, 0.3) is 0 Å². The molecule has 2 aromatic carbocycles. The van der Waals surface area contributed by atoms with E-state index in [0.717, 1.165) is 5.56 Å². The molecule has 0 amide bonds. The van der Waals surface area contributed by atoms with E-state index in [0.29, 0.717) is 5.56 Å². The van der Waals surface area contributed by atoms with Gasteiger partial charge in [0, 0.05) is 5.56 Å². The third-order valence-electron chi connectivity index (χ3n) is 3.73. The molecule has 2 aromatic rings. The molecule has 1 aliphatic rings. The number of esters is 1. The third-order valence-corrected chi connectivity index (χ3v) is 3.73. The molecule has 1 heterocycles. The van der Waals surface area contributed by atoms with Crippen LogP contribution < -0.4 is 0 Å². The van der Waals surface area contributed by atoms with E-state index < -0.39 is 11.5 Å². The van der Waals surface area contributed by atoms with Gasteiger partial charge in [-0.25, -0.2) is 4.39 Å². The molecule has 2 nitrogen and oxygen atoms in total. The molecule has 3 rings (SSSR count). The molecule has 0 bridgehead atoms. The van der Waals surface area contributed by atoms with Crippen molar-refractivity contribution in [1.29, 1.82) is 0 Å². The number of hydrogen-bond acceptors (Lipinski definition) is 2. The molecule has 3 heteroatoms. The van der Waals surface area contributed by atoms with Gasteiger partial charge in [0.25, 0.3) is 0 Å². The molecule has 0 N–H and O–H groups in total. The van der Waals surface area contributed by atoms with Gasteiger partial charge in [-0.15, -0.1) is 0 Å². The lowest BCUT2D eigenvalue weighted by atomic mass is 9.71. The summed E-state index contributed by atoms with van der Waals surface area (Å²) in [5, 5.41) is 0. The molecular formula is C16H13FO2. The second-order valence-corrected chi connectivity index (χ2v) is 4.88. The predicted molar refractivity (Wildman–Crippen MR) is 69.0 cm³/mol. The minimum absolute atomic E-state index is 0.313. The Morgan fingerprint density at radius 3 is 2.32 bits per heavy atom. The van der Waals surface area contributed by atoms with E-state index in [1.807, 2.05) is 30.3 Å². The van der Waals surface area contributed by atoms with E-state index in [2.05, 4.69) is 0 Å². The van der Waals surface area contributed by atoms with Crippen LogP contribution in [0.3, 0.4) is 0 Å². The van der Waals surface area contributed by atoms with Crippen molar-refractivity contribution in [3.05, 3.63) is 71.5 Å². The molecule has 1 fully saturated rings. The van der Waals surface area contributed by atoms with Gasteiger partial charge in [-0.3, -0.25) is 4.79 Å². The Hall–Kier alpha value is -2.16. The second-order valence-electron chi connectivity index (χ2n) is 4.88. The van der Waals surface area contributed by atoms with Crippen LogP contribution in [0.2, 0.25) is 0 Å². The van der Waals surface area contributed by atoms with E-state index in [9.17, 15) is 9.18 Å². The first-order valence-corrected chi connectivity index (χ1v) is 6.15. The van der Waals surface area contributed by atoms with Gasteiger partial charge in [0.1, 0.15) is 17.3 Å². The summed E-state index contributed by atoms with van der Waals surface area (Å²) in [5.41, 5.74) is 0.455. The van der Waals surface area contributed by atoms with Crippen LogP contribution in [-0.4, -0.2) is 5.97 Å². The average molecular weight is 256 g/mol. The van der Waals surface area contributed by atoms with Crippen molar-refractivity contribution in [3.63, 3.8) is 0 Å². The highest BCUT2D eigenvalue weighted by Crippen LogP contribution is 2.49. The summed E-state index contributed by atoms with van der Waals surface area (Å²) in [6, 6.07) is 15.8. The summed E-state index contributed by atoms with van der Waals surface area (Å²) in [5.74, 6) is -0.658. The van der Waals surface area contributed by atoms with Gasteiger partial charge in [-0.1, -0.05) is 48.5 Å². The number of carbonyl (C=O) groups excluding carboxylic acids is 1. The van der Waals surface area contributed by atoms with Gasteiger partial charge >= 0.3 is 5.97 Å². The summed E-state index contributed by atoms with van der Waals surface area (Å²) >= 11 is 0. The summed E-state index contributed by atoms with van der Waals surface area (Å²) < 4.78 is 19.1. The lowest BCUT2D eigenvalue weighted by molar-refractivity contribution is -0.190. The van der Waals surface area contributed by atoms with Gasteiger partial charge in [-0.2, -0.15) is 0 Å². The van der Waals surface area contributed by atoms with Gasteiger partial charge < -0.3 is 4.74 Å². The number of cyclic esters (lactones) is 1. The minimum Gasteiger partial charge on any atom is -0.455 e. The Kier molecular flexibility index (Phi) is 2.63. The number of halogens is 1. The Balaban J connectivity index is 2.06. The number of rotatable bonds is 2. The van der Waals surface area contributed by atoms with Crippen molar-refractivity contribution in [2.75, 3.05) is 0 Å². The van der Waals surface area contributed by atoms with E-state index in [1.54, 1.807) is 25.1 Å². The van der Waals surface area contributed by atoms with Crippen molar-refractivity contribution >= 4 is 5.97 Å². The smallest absolute Gasteiger partial charge is 0.321 e. The molecule has 0 spiro atoms. The normalized spacial score (nSPS) is 25.6. The third kappa shape index (κ3) is 1.65. The highest BCUT2D eigenvalue weighted by Gasteiger charge is 2.56. The highest BCUT2D eigenvalue weighted by molar-refractivity contribution is 5.89. The van der Waals surface area contributed by atoms with Crippen molar-refractivity contribution < 1.29 is 13.9 Å². The number of carbonyl (C=O) groups is 1. The zero-order valence-electron chi connectivity index (χ0n) is 10.5. The average Bonchev–Trinajstić information content (AvgIpc) is 2.46.